The Hall–Kier alpha value is -3.64. The first-order valence-electron chi connectivity index (χ1n) is 10.4. The number of hydrogen-bond acceptors (Lipinski definition) is 7. The second kappa shape index (κ2) is 9.66. The van der Waals surface area contributed by atoms with E-state index in [0.29, 0.717) is 54.1 Å². The van der Waals surface area contributed by atoms with Crippen molar-refractivity contribution in [2.24, 2.45) is 4.99 Å². The Balaban J connectivity index is 1.78. The molecule has 9 nitrogen and oxygen atoms in total. The molecule has 1 heterocycles. The molecule has 1 aliphatic rings. The van der Waals surface area contributed by atoms with Gasteiger partial charge >= 0.3 is 11.6 Å². The standard InChI is InChI=1S/C23H27N5O4/c1-15-4-3-5-20(28(15)31)22(29)27-19-12-16(18(25)13-21(19)32-2)14-26-17-6-8-23(30,9-7-17)10-11-24/h3-5,12-14,17,25,29-31H,6-10H2,1-2H3/p+1. The Morgan fingerprint density at radius 1 is 1.44 bits per heavy atom. The topological polar surface area (TPSA) is 145 Å². The van der Waals surface area contributed by atoms with Crippen LogP contribution < -0.4 is 20.5 Å². The van der Waals surface area contributed by atoms with Gasteiger partial charge in [-0.3, -0.25) is 15.0 Å². The van der Waals surface area contributed by atoms with E-state index in [1.165, 1.54) is 13.2 Å². The van der Waals surface area contributed by atoms with Gasteiger partial charge in [-0.05, 0) is 37.8 Å². The van der Waals surface area contributed by atoms with Crippen molar-refractivity contribution < 1.29 is 24.6 Å². The number of nitriles is 1. The van der Waals surface area contributed by atoms with Gasteiger partial charge in [-0.25, -0.2) is 0 Å². The Bertz CT molecular complexity index is 1070. The molecule has 2 aromatic rings. The van der Waals surface area contributed by atoms with Gasteiger partial charge in [0.25, 0.3) is 0 Å². The molecule has 1 aliphatic carbocycles. The highest BCUT2D eigenvalue weighted by molar-refractivity contribution is 6.04. The Labute approximate surface area is 186 Å². The highest BCUT2D eigenvalue weighted by Crippen LogP contribution is 2.33. The molecule has 1 fully saturated rings. The first kappa shape index (κ1) is 23.0. The Morgan fingerprint density at radius 3 is 2.81 bits per heavy atom. The van der Waals surface area contributed by atoms with Crippen LogP contribution in [-0.2, 0) is 0 Å². The predicted octanol–water partition coefficient (Wildman–Crippen LogP) is 2.37. The second-order valence-corrected chi connectivity index (χ2v) is 8.07. The number of hydrogen-bond donors (Lipinski definition) is 4. The number of carbonyl (C=O) groups is 1. The number of rotatable bonds is 6. The lowest BCUT2D eigenvalue weighted by molar-refractivity contribution is -0.909. The number of aliphatic hydroxyl groups is 1. The molecule has 0 bridgehead atoms. The van der Waals surface area contributed by atoms with Crippen molar-refractivity contribution in [3.05, 3.63) is 47.3 Å². The van der Waals surface area contributed by atoms with E-state index in [4.69, 9.17) is 15.7 Å². The van der Waals surface area contributed by atoms with Gasteiger partial charge in [0.05, 0.1) is 36.9 Å². The van der Waals surface area contributed by atoms with Crippen LogP contribution >= 0.6 is 0 Å². The number of methoxy groups -OCH3 is 1. The number of aliphatic imine (C=N–C) groups is 1. The predicted molar refractivity (Wildman–Crippen MR) is 119 cm³/mol. The molecule has 0 spiro atoms. The van der Waals surface area contributed by atoms with Crippen molar-refractivity contribution in [2.75, 3.05) is 18.2 Å². The SMILES string of the molecule is COc1cc(N)c(C=NC2CCC(O)(CC#N)CC2)cc1NC(=O)c1cccc(C)[n+]1O. The third-order valence-corrected chi connectivity index (χ3v) is 5.76. The number of aromatic nitrogens is 1. The lowest BCUT2D eigenvalue weighted by Crippen LogP contribution is -2.42. The van der Waals surface area contributed by atoms with E-state index in [1.807, 2.05) is 6.07 Å². The molecule has 0 radical (unpaired) electrons. The summed E-state index contributed by atoms with van der Waals surface area (Å²) in [4.78, 5) is 17.3. The molecule has 0 unspecified atom stereocenters. The summed E-state index contributed by atoms with van der Waals surface area (Å²) in [5.41, 5.74) is 7.26. The van der Waals surface area contributed by atoms with Crippen LogP contribution in [0, 0.1) is 18.3 Å². The number of pyridine rings is 1. The third kappa shape index (κ3) is 5.15. The molecule has 1 saturated carbocycles. The second-order valence-electron chi connectivity index (χ2n) is 8.07. The Kier molecular flexibility index (Phi) is 6.95. The highest BCUT2D eigenvalue weighted by Gasteiger charge is 2.32. The molecule has 32 heavy (non-hydrogen) atoms. The van der Waals surface area contributed by atoms with E-state index in [-0.39, 0.29) is 18.2 Å². The van der Waals surface area contributed by atoms with Gasteiger partial charge in [0.1, 0.15) is 5.75 Å². The van der Waals surface area contributed by atoms with Crippen LogP contribution in [0.3, 0.4) is 0 Å². The normalized spacial score (nSPS) is 20.6. The number of benzene rings is 1. The van der Waals surface area contributed by atoms with Crippen molar-refractivity contribution in [1.82, 2.24) is 0 Å². The zero-order valence-electron chi connectivity index (χ0n) is 18.2. The van der Waals surface area contributed by atoms with Crippen molar-refractivity contribution >= 4 is 23.5 Å². The summed E-state index contributed by atoms with van der Waals surface area (Å²) in [7, 11) is 1.47. The van der Waals surface area contributed by atoms with Crippen molar-refractivity contribution in [2.45, 2.75) is 50.7 Å². The fourth-order valence-corrected chi connectivity index (χ4v) is 3.76. The minimum Gasteiger partial charge on any atom is -0.494 e. The number of nitrogens with one attached hydrogen (secondary N) is 1. The van der Waals surface area contributed by atoms with Crippen LogP contribution in [0.15, 0.2) is 35.3 Å². The summed E-state index contributed by atoms with van der Waals surface area (Å²) in [6, 6.07) is 10.2. The maximum absolute atomic E-state index is 12.7. The largest absolute Gasteiger partial charge is 0.494 e. The minimum absolute atomic E-state index is 0.0224. The van der Waals surface area contributed by atoms with Crippen LogP contribution in [0.1, 0.15) is 53.8 Å². The van der Waals surface area contributed by atoms with Crippen molar-refractivity contribution in [3.63, 3.8) is 0 Å². The van der Waals surface area contributed by atoms with Crippen LogP contribution in [-0.4, -0.2) is 41.2 Å². The van der Waals surface area contributed by atoms with E-state index < -0.39 is 11.5 Å². The summed E-state index contributed by atoms with van der Waals surface area (Å²) >= 11 is 0. The van der Waals surface area contributed by atoms with Crippen LogP contribution in [0.2, 0.25) is 0 Å². The highest BCUT2D eigenvalue weighted by atomic mass is 16.5. The first-order valence-corrected chi connectivity index (χ1v) is 10.4. The number of nitrogen functional groups attached to an aromatic ring is 1. The minimum atomic E-state index is -0.920. The lowest BCUT2D eigenvalue weighted by Gasteiger charge is -2.32. The number of nitrogens with zero attached hydrogens (tertiary/aromatic N) is 3. The van der Waals surface area contributed by atoms with Crippen molar-refractivity contribution in [1.29, 1.82) is 5.26 Å². The van der Waals surface area contributed by atoms with Gasteiger partial charge in [-0.2, -0.15) is 5.26 Å². The lowest BCUT2D eigenvalue weighted by atomic mass is 9.81. The van der Waals surface area contributed by atoms with Crippen LogP contribution in [0.25, 0.3) is 0 Å². The number of amides is 1. The monoisotopic (exact) mass is 438 g/mol. The van der Waals surface area contributed by atoms with E-state index in [0.717, 1.165) is 4.73 Å². The molecule has 0 aliphatic heterocycles. The van der Waals surface area contributed by atoms with E-state index in [2.05, 4.69) is 10.3 Å². The van der Waals surface area contributed by atoms with Gasteiger partial charge < -0.3 is 20.9 Å². The maximum atomic E-state index is 12.7. The molecular weight excluding hydrogens is 410 g/mol. The third-order valence-electron chi connectivity index (χ3n) is 5.76. The molecule has 1 amide bonds. The number of aryl methyl sites for hydroxylation is 1. The van der Waals surface area contributed by atoms with Gasteiger partial charge in [-0.15, -0.1) is 0 Å². The average Bonchev–Trinajstić information content (AvgIpc) is 2.76. The molecule has 1 aromatic heterocycles. The number of anilines is 2. The summed E-state index contributed by atoms with van der Waals surface area (Å²) in [5, 5.41) is 32.1. The zero-order valence-corrected chi connectivity index (χ0v) is 18.2. The average molecular weight is 439 g/mol. The fourth-order valence-electron chi connectivity index (χ4n) is 3.76. The van der Waals surface area contributed by atoms with Crippen LogP contribution in [0.4, 0.5) is 11.4 Å². The number of nitrogens with two attached hydrogens (primary N) is 1. The summed E-state index contributed by atoms with van der Waals surface area (Å²) in [6.45, 7) is 1.68. The van der Waals surface area contributed by atoms with Gasteiger partial charge in [0.15, 0.2) is 0 Å². The van der Waals surface area contributed by atoms with E-state index in [9.17, 15) is 15.1 Å². The smallest absolute Gasteiger partial charge is 0.325 e. The molecule has 3 rings (SSSR count). The molecule has 0 saturated heterocycles. The van der Waals surface area contributed by atoms with E-state index >= 15 is 0 Å². The Morgan fingerprint density at radius 2 is 2.16 bits per heavy atom. The summed E-state index contributed by atoms with van der Waals surface area (Å²) < 4.78 is 6.17. The summed E-state index contributed by atoms with van der Waals surface area (Å²) in [6.07, 6.45) is 4.20. The summed E-state index contributed by atoms with van der Waals surface area (Å²) in [5.74, 6) is -0.129. The van der Waals surface area contributed by atoms with Gasteiger partial charge in [-0.1, -0.05) is 0 Å². The molecular formula is C23H28N5O4+. The maximum Gasteiger partial charge on any atom is 0.325 e. The number of carbonyl (C=O) groups excluding carboxylic acids is 1. The number of ether oxygens (including phenoxy) is 1. The molecule has 0 atom stereocenters. The van der Waals surface area contributed by atoms with Gasteiger partial charge in [0.2, 0.25) is 5.69 Å². The van der Waals surface area contributed by atoms with Gasteiger partial charge in [0, 0.05) is 47.3 Å². The zero-order chi connectivity index (χ0) is 23.3. The molecule has 1 aromatic carbocycles. The molecule has 5 N–H and O–H groups in total. The fraction of sp³-hybridized carbons (Fsp3) is 0.391. The molecule has 9 heteroatoms. The quantitative estimate of drug-likeness (QED) is 0.236. The van der Waals surface area contributed by atoms with Crippen LogP contribution in [0.5, 0.6) is 5.75 Å². The van der Waals surface area contributed by atoms with Crippen molar-refractivity contribution in [3.8, 4) is 11.8 Å². The molecule has 168 valence electrons. The first-order chi connectivity index (χ1) is 15.3. The van der Waals surface area contributed by atoms with E-state index in [1.54, 1.807) is 37.4 Å².